The molecule has 1 aromatic heterocycles. The number of benzene rings is 1. The van der Waals surface area contributed by atoms with Crippen LogP contribution in [0.25, 0.3) is 22.3 Å². The zero-order valence-electron chi connectivity index (χ0n) is 18.1. The Morgan fingerprint density at radius 2 is 1.97 bits per heavy atom. The average molecular weight is 498 g/mol. The summed E-state index contributed by atoms with van der Waals surface area (Å²) in [6.45, 7) is -0.584. The Balaban J connectivity index is 1.65. The van der Waals surface area contributed by atoms with Crippen LogP contribution in [0.4, 0.5) is 4.39 Å². The zero-order chi connectivity index (χ0) is 24.9. The van der Waals surface area contributed by atoms with Gasteiger partial charge in [0.1, 0.15) is 22.5 Å². The SMILES string of the molecule is NC(=O)COc1cc2snc(-c3c(O)c4cc(F)cc(CCC5CC5)c4[nH]c3=O)[nH]c=2c(=O)c1=O. The molecule has 0 radical (unpaired) electrons. The molecule has 1 aromatic carbocycles. The minimum Gasteiger partial charge on any atom is -0.506 e. The molecule has 1 saturated carbocycles. The third-order valence-electron chi connectivity index (χ3n) is 5.91. The van der Waals surface area contributed by atoms with E-state index in [4.69, 9.17) is 10.5 Å². The topological polar surface area (TPSA) is 168 Å². The molecule has 180 valence electrons. The Morgan fingerprint density at radius 1 is 1.20 bits per heavy atom. The molecule has 0 atom stereocenters. The van der Waals surface area contributed by atoms with Crippen molar-refractivity contribution in [3.63, 3.8) is 0 Å². The van der Waals surface area contributed by atoms with E-state index in [1.807, 2.05) is 0 Å². The monoisotopic (exact) mass is 498 g/mol. The number of carbonyl (C=O) groups is 1. The standard InChI is InChI=1S/C23H19FN4O6S/c24-11-5-10(4-3-9-1-2-9)17-12(6-11)19(30)16(23(33)27-17)22-26-18-14(35-28-22)7-13(20(31)21(18)32)34-8-15(25)29/h5-7,9H,1-4,8H2,(H2,25,29)(H,26,28)(H2,27,30,33). The molecule has 12 heteroatoms. The van der Waals surface area contributed by atoms with Crippen molar-refractivity contribution in [3.05, 3.63) is 70.3 Å². The first-order valence-electron chi connectivity index (χ1n) is 10.8. The van der Waals surface area contributed by atoms with E-state index in [0.717, 1.165) is 36.9 Å². The van der Waals surface area contributed by atoms with E-state index in [9.17, 15) is 28.7 Å². The van der Waals surface area contributed by atoms with Gasteiger partial charge in [-0.05, 0) is 48.0 Å². The number of pyridine rings is 1. The maximum Gasteiger partial charge on any atom is 0.269 e. The third kappa shape index (κ3) is 4.28. The minimum atomic E-state index is -1.02. The Bertz CT molecular complexity index is 1740. The zero-order valence-corrected chi connectivity index (χ0v) is 19.0. The molecule has 1 amide bonds. The van der Waals surface area contributed by atoms with Gasteiger partial charge in [0.2, 0.25) is 0 Å². The van der Waals surface area contributed by atoms with Crippen LogP contribution in [0.3, 0.4) is 0 Å². The van der Waals surface area contributed by atoms with Crippen molar-refractivity contribution >= 4 is 28.3 Å². The van der Waals surface area contributed by atoms with Gasteiger partial charge in [0.25, 0.3) is 22.3 Å². The molecule has 2 aliphatic carbocycles. The highest BCUT2D eigenvalue weighted by atomic mass is 32.1. The summed E-state index contributed by atoms with van der Waals surface area (Å²) in [5.74, 6) is -1.81. The van der Waals surface area contributed by atoms with Crippen LogP contribution in [-0.2, 0) is 11.2 Å². The maximum atomic E-state index is 14.4. The number of primary amides is 1. The predicted molar refractivity (Wildman–Crippen MR) is 125 cm³/mol. The lowest BCUT2D eigenvalue weighted by molar-refractivity contribution is -0.119. The molecule has 10 nitrogen and oxygen atoms in total. The van der Waals surface area contributed by atoms with Crippen LogP contribution < -0.4 is 26.9 Å². The molecule has 0 bridgehead atoms. The van der Waals surface area contributed by atoms with Gasteiger partial charge < -0.3 is 25.5 Å². The molecular weight excluding hydrogens is 479 g/mol. The molecule has 2 heterocycles. The second-order valence-corrected chi connectivity index (χ2v) is 9.27. The number of aromatic nitrogens is 3. The molecule has 5 rings (SSSR count). The van der Waals surface area contributed by atoms with Gasteiger partial charge in [0.15, 0.2) is 18.2 Å². The summed E-state index contributed by atoms with van der Waals surface area (Å²) in [4.78, 5) is 54.2. The number of hydrogen-bond donors (Lipinski definition) is 4. The number of halogens is 1. The number of rotatable bonds is 7. The predicted octanol–water partition coefficient (Wildman–Crippen LogP) is 1.48. The fourth-order valence-electron chi connectivity index (χ4n) is 3.98. The molecule has 5 N–H and O–H groups in total. The van der Waals surface area contributed by atoms with E-state index < -0.39 is 40.5 Å². The number of amides is 1. The number of aromatic hydroxyl groups is 1. The summed E-state index contributed by atoms with van der Waals surface area (Å²) in [5.41, 5.74) is 2.95. The number of nitrogens with one attached hydrogen (secondary N) is 2. The second kappa shape index (κ2) is 8.62. The number of H-pyrrole nitrogens is 2. The van der Waals surface area contributed by atoms with Crippen LogP contribution in [0.15, 0.2) is 32.6 Å². The number of aromatic amines is 2. The van der Waals surface area contributed by atoms with Crippen LogP contribution in [0.5, 0.6) is 11.5 Å². The lowest BCUT2D eigenvalue weighted by atomic mass is 10.0. The summed E-state index contributed by atoms with van der Waals surface area (Å²) >= 11 is 0.763. The lowest BCUT2D eigenvalue weighted by Gasteiger charge is -2.11. The van der Waals surface area contributed by atoms with Crippen LogP contribution in [0, 0.1) is 21.6 Å². The van der Waals surface area contributed by atoms with Gasteiger partial charge in [-0.3, -0.25) is 19.2 Å². The molecule has 0 spiro atoms. The van der Waals surface area contributed by atoms with Crippen molar-refractivity contribution in [2.24, 2.45) is 11.7 Å². The first kappa shape index (κ1) is 22.7. The van der Waals surface area contributed by atoms with Crippen molar-refractivity contribution in [3.8, 4) is 22.9 Å². The van der Waals surface area contributed by atoms with Crippen molar-refractivity contribution in [1.82, 2.24) is 14.3 Å². The van der Waals surface area contributed by atoms with Crippen molar-refractivity contribution in [2.75, 3.05) is 6.61 Å². The molecule has 2 aromatic rings. The lowest BCUT2D eigenvalue weighted by Crippen LogP contribution is -2.29. The number of fused-ring (bicyclic) bond motifs is 1. The summed E-state index contributed by atoms with van der Waals surface area (Å²) in [5, 5.41) is 10.9. The highest BCUT2D eigenvalue weighted by Crippen LogP contribution is 2.36. The van der Waals surface area contributed by atoms with Crippen LogP contribution in [0.1, 0.15) is 24.8 Å². The van der Waals surface area contributed by atoms with E-state index in [2.05, 4.69) is 14.3 Å². The van der Waals surface area contributed by atoms with E-state index in [-0.39, 0.29) is 32.4 Å². The van der Waals surface area contributed by atoms with Gasteiger partial charge in [-0.2, -0.15) is 4.37 Å². The van der Waals surface area contributed by atoms with Crippen molar-refractivity contribution in [1.29, 1.82) is 0 Å². The van der Waals surface area contributed by atoms with Crippen LogP contribution in [-0.4, -0.2) is 32.0 Å². The average Bonchev–Trinajstić information content (AvgIpc) is 3.64. The van der Waals surface area contributed by atoms with E-state index in [0.29, 0.717) is 23.4 Å². The minimum absolute atomic E-state index is 0.104. The molecular formula is C23H19FN4O6S. The fourth-order valence-corrected chi connectivity index (χ4v) is 4.71. The molecule has 0 unspecified atom stereocenters. The number of nitrogens with zero attached hydrogens (tertiary/aromatic N) is 1. The molecule has 35 heavy (non-hydrogen) atoms. The quantitative estimate of drug-likeness (QED) is 0.280. The largest absolute Gasteiger partial charge is 0.506 e. The Hall–Kier alpha value is -4.06. The van der Waals surface area contributed by atoms with Gasteiger partial charge in [0, 0.05) is 11.5 Å². The molecule has 3 aliphatic rings. The molecule has 1 aliphatic heterocycles. The van der Waals surface area contributed by atoms with Crippen molar-refractivity contribution < 1.29 is 19.0 Å². The summed E-state index contributed by atoms with van der Waals surface area (Å²) < 4.78 is 23.7. The number of nitrogens with two attached hydrogens (primary N) is 1. The Kier molecular flexibility index (Phi) is 5.59. The first-order valence-corrected chi connectivity index (χ1v) is 11.6. The summed E-state index contributed by atoms with van der Waals surface area (Å²) in [7, 11) is 0. The van der Waals surface area contributed by atoms with Gasteiger partial charge >= 0.3 is 0 Å². The number of carbonyl (C=O) groups excluding carboxylic acids is 1. The first-order chi connectivity index (χ1) is 16.7. The Morgan fingerprint density at radius 3 is 2.69 bits per heavy atom. The smallest absolute Gasteiger partial charge is 0.269 e. The molecule has 1 fully saturated rings. The van der Waals surface area contributed by atoms with Crippen LogP contribution >= 0.6 is 11.5 Å². The van der Waals surface area contributed by atoms with E-state index in [1.165, 1.54) is 12.1 Å². The van der Waals surface area contributed by atoms with Crippen LogP contribution in [0.2, 0.25) is 0 Å². The Labute approximate surface area is 199 Å². The number of ether oxygens (including phenoxy) is 1. The molecule has 0 saturated heterocycles. The highest BCUT2D eigenvalue weighted by molar-refractivity contribution is 7.03. The van der Waals surface area contributed by atoms with E-state index >= 15 is 0 Å². The fraction of sp³-hybridized carbons (Fsp3) is 0.261. The normalized spacial score (nSPS) is 13.4. The van der Waals surface area contributed by atoms with Gasteiger partial charge in [-0.15, -0.1) is 0 Å². The second-order valence-electron chi connectivity index (χ2n) is 8.46. The summed E-state index contributed by atoms with van der Waals surface area (Å²) in [6.07, 6.45) is 3.69. The van der Waals surface area contributed by atoms with Gasteiger partial charge in [-0.25, -0.2) is 4.39 Å². The van der Waals surface area contributed by atoms with Crippen molar-refractivity contribution in [2.45, 2.75) is 25.7 Å². The van der Waals surface area contributed by atoms with E-state index in [1.54, 1.807) is 0 Å². The maximum absolute atomic E-state index is 14.4. The highest BCUT2D eigenvalue weighted by Gasteiger charge is 2.23. The number of aryl methyl sites for hydroxylation is 1. The summed E-state index contributed by atoms with van der Waals surface area (Å²) in [6, 6.07) is 3.69. The number of hydrogen-bond acceptors (Lipinski definition) is 8. The third-order valence-corrected chi connectivity index (χ3v) is 6.70. The van der Waals surface area contributed by atoms with Gasteiger partial charge in [-0.1, -0.05) is 12.8 Å². The van der Waals surface area contributed by atoms with Gasteiger partial charge in [0.05, 0.1) is 10.0 Å².